The largest absolute Gasteiger partial charge is 0.461 e. The van der Waals surface area contributed by atoms with Crippen molar-refractivity contribution in [3.8, 4) is 0 Å². The normalized spacial score (nSPS) is 33.1. The van der Waals surface area contributed by atoms with Crippen molar-refractivity contribution in [3.05, 3.63) is 25.3 Å². The molecular weight excluding hydrogens is 424 g/mol. The molecule has 4 aliphatic rings. The number of esters is 1. The maximum atomic E-state index is 14.1. The molecule has 3 aliphatic heterocycles. The Kier molecular flexibility index (Phi) is 7.24. The molecule has 1 saturated carbocycles. The average Bonchev–Trinajstić information content (AvgIpc) is 3.47. The zero-order valence-electron chi connectivity index (χ0n) is 19.3. The number of carbonyl (C=O) groups is 3. The fraction of sp³-hybridized carbons (Fsp3) is 0.720. The van der Waals surface area contributed by atoms with Crippen molar-refractivity contribution < 1.29 is 29.0 Å². The van der Waals surface area contributed by atoms with Gasteiger partial charge in [-0.2, -0.15) is 0 Å². The zero-order chi connectivity index (χ0) is 23.6. The summed E-state index contributed by atoms with van der Waals surface area (Å²) in [5.41, 5.74) is -1.03. The van der Waals surface area contributed by atoms with E-state index < -0.39 is 35.6 Å². The number of amides is 2. The number of fused-ring (bicyclic) bond motifs is 1. The Hall–Kier alpha value is -2.19. The Balaban J connectivity index is 1.68. The molecule has 0 aromatic rings. The Morgan fingerprint density at radius 1 is 1.21 bits per heavy atom. The van der Waals surface area contributed by atoms with Gasteiger partial charge in [0.15, 0.2) is 0 Å². The summed E-state index contributed by atoms with van der Waals surface area (Å²) < 4.78 is 11.7. The van der Waals surface area contributed by atoms with Crippen LogP contribution in [-0.2, 0) is 23.9 Å². The van der Waals surface area contributed by atoms with Gasteiger partial charge in [0.2, 0.25) is 11.8 Å². The first kappa shape index (κ1) is 24.0. The predicted molar refractivity (Wildman–Crippen MR) is 121 cm³/mol. The van der Waals surface area contributed by atoms with Gasteiger partial charge in [-0.25, -0.2) is 0 Å². The van der Waals surface area contributed by atoms with Gasteiger partial charge in [-0.3, -0.25) is 14.4 Å². The van der Waals surface area contributed by atoms with Gasteiger partial charge in [-0.15, -0.1) is 6.58 Å². The lowest BCUT2D eigenvalue weighted by atomic mass is 9.70. The first-order valence-corrected chi connectivity index (χ1v) is 12.3. The molecule has 8 nitrogen and oxygen atoms in total. The van der Waals surface area contributed by atoms with Gasteiger partial charge >= 0.3 is 5.97 Å². The number of likely N-dealkylation sites (tertiary alicyclic amines) is 1. The Labute approximate surface area is 195 Å². The highest BCUT2D eigenvalue weighted by Crippen LogP contribution is 2.59. The number of rotatable bonds is 10. The van der Waals surface area contributed by atoms with E-state index in [1.165, 1.54) is 12.5 Å². The topological polar surface area (TPSA) is 96.4 Å². The second-order valence-corrected chi connectivity index (χ2v) is 9.65. The van der Waals surface area contributed by atoms with Crippen LogP contribution in [0.3, 0.4) is 0 Å². The van der Waals surface area contributed by atoms with Gasteiger partial charge in [-0.1, -0.05) is 38.0 Å². The molecule has 5 atom stereocenters. The van der Waals surface area contributed by atoms with Gasteiger partial charge in [0.1, 0.15) is 18.2 Å². The molecule has 1 N–H and O–H groups in total. The van der Waals surface area contributed by atoms with Gasteiger partial charge < -0.3 is 24.4 Å². The van der Waals surface area contributed by atoms with Crippen LogP contribution in [0.5, 0.6) is 0 Å². The first-order chi connectivity index (χ1) is 16.0. The lowest BCUT2D eigenvalue weighted by Crippen LogP contribution is -2.58. The highest BCUT2D eigenvalue weighted by Gasteiger charge is 2.75. The van der Waals surface area contributed by atoms with E-state index >= 15 is 0 Å². The zero-order valence-corrected chi connectivity index (χ0v) is 19.3. The minimum Gasteiger partial charge on any atom is -0.461 e. The summed E-state index contributed by atoms with van der Waals surface area (Å²) in [6.45, 7) is 8.09. The molecule has 0 radical (unpaired) electrons. The van der Waals surface area contributed by atoms with E-state index in [0.717, 1.165) is 25.7 Å². The molecule has 0 aromatic heterocycles. The smallest absolute Gasteiger partial charge is 0.312 e. The lowest BCUT2D eigenvalue weighted by molar-refractivity contribution is -0.154. The van der Waals surface area contributed by atoms with Gasteiger partial charge in [0.25, 0.3) is 0 Å². The van der Waals surface area contributed by atoms with E-state index in [0.29, 0.717) is 25.8 Å². The minimum absolute atomic E-state index is 0.0708. The van der Waals surface area contributed by atoms with E-state index in [2.05, 4.69) is 13.2 Å². The van der Waals surface area contributed by atoms with Crippen molar-refractivity contribution in [3.63, 3.8) is 0 Å². The molecule has 8 heteroatoms. The van der Waals surface area contributed by atoms with Crippen LogP contribution in [0.25, 0.3) is 0 Å². The van der Waals surface area contributed by atoms with Gasteiger partial charge in [0.05, 0.1) is 17.9 Å². The van der Waals surface area contributed by atoms with Crippen molar-refractivity contribution in [1.29, 1.82) is 0 Å². The van der Waals surface area contributed by atoms with Crippen LogP contribution in [0.15, 0.2) is 25.3 Å². The maximum Gasteiger partial charge on any atom is 0.312 e. The molecular formula is C25H36N2O6. The molecule has 4 fully saturated rings. The minimum atomic E-state index is -1.03. The number of hydrogen-bond acceptors (Lipinski definition) is 6. The molecule has 1 spiro atoms. The van der Waals surface area contributed by atoms with E-state index in [1.807, 2.05) is 4.90 Å². The van der Waals surface area contributed by atoms with Crippen LogP contribution >= 0.6 is 0 Å². The first-order valence-electron chi connectivity index (χ1n) is 12.3. The third-order valence-electron chi connectivity index (χ3n) is 7.83. The van der Waals surface area contributed by atoms with Crippen LogP contribution in [0.1, 0.15) is 51.4 Å². The second kappa shape index (κ2) is 9.97. The van der Waals surface area contributed by atoms with E-state index in [4.69, 9.17) is 9.47 Å². The summed E-state index contributed by atoms with van der Waals surface area (Å²) in [7, 11) is 0. The molecule has 2 unspecified atom stereocenters. The van der Waals surface area contributed by atoms with Crippen molar-refractivity contribution in [2.75, 3.05) is 26.3 Å². The third-order valence-corrected chi connectivity index (χ3v) is 7.83. The fourth-order valence-electron chi connectivity index (χ4n) is 6.53. The highest BCUT2D eigenvalue weighted by molar-refractivity contribution is 5.98. The van der Waals surface area contributed by atoms with E-state index in [9.17, 15) is 19.5 Å². The summed E-state index contributed by atoms with van der Waals surface area (Å²) in [6.07, 6.45) is 9.53. The number of ether oxygens (including phenoxy) is 2. The number of nitrogens with zero attached hydrogens (tertiary/aromatic N) is 2. The quantitative estimate of drug-likeness (QED) is 0.395. The summed E-state index contributed by atoms with van der Waals surface area (Å²) in [5, 5.41) is 9.44. The molecule has 2 bridgehead atoms. The van der Waals surface area contributed by atoms with Gasteiger partial charge in [0, 0.05) is 25.7 Å². The second-order valence-electron chi connectivity index (χ2n) is 9.65. The van der Waals surface area contributed by atoms with Crippen molar-refractivity contribution in [2.45, 2.75) is 75.2 Å². The SMILES string of the molecule is C=CCOC(=O)[C@@H]1[C@@H]2CCC3(O2)C(C(=O)N(CC=C)C2CCCCC2)N(CCCO)C(=O)[C@H]13. The summed E-state index contributed by atoms with van der Waals surface area (Å²) in [5.74, 6) is -2.30. The number of aliphatic hydroxyl groups is 1. The monoisotopic (exact) mass is 460 g/mol. The molecule has 2 amide bonds. The molecule has 0 aromatic carbocycles. The Morgan fingerprint density at radius 3 is 2.64 bits per heavy atom. The van der Waals surface area contributed by atoms with Crippen LogP contribution in [0.4, 0.5) is 0 Å². The van der Waals surface area contributed by atoms with Crippen molar-refractivity contribution >= 4 is 17.8 Å². The van der Waals surface area contributed by atoms with Crippen molar-refractivity contribution in [1.82, 2.24) is 9.80 Å². The molecule has 182 valence electrons. The molecule has 1 aliphatic carbocycles. The Bertz CT molecular complexity index is 794. The number of hydrogen-bond donors (Lipinski definition) is 1. The summed E-state index contributed by atoms with van der Waals surface area (Å²) in [6, 6.07) is -0.688. The van der Waals surface area contributed by atoms with Crippen LogP contribution in [-0.4, -0.2) is 82.8 Å². The molecule has 3 heterocycles. The van der Waals surface area contributed by atoms with Crippen molar-refractivity contribution in [2.24, 2.45) is 11.8 Å². The number of carbonyl (C=O) groups excluding carboxylic acids is 3. The molecule has 33 heavy (non-hydrogen) atoms. The summed E-state index contributed by atoms with van der Waals surface area (Å²) >= 11 is 0. The van der Waals surface area contributed by atoms with E-state index in [1.54, 1.807) is 11.0 Å². The highest BCUT2D eigenvalue weighted by atomic mass is 16.6. The van der Waals surface area contributed by atoms with Gasteiger partial charge in [-0.05, 0) is 32.1 Å². The van der Waals surface area contributed by atoms with Crippen LogP contribution in [0.2, 0.25) is 0 Å². The predicted octanol–water partition coefficient (Wildman–Crippen LogP) is 1.82. The Morgan fingerprint density at radius 2 is 1.97 bits per heavy atom. The number of aliphatic hydroxyl groups excluding tert-OH is 1. The maximum absolute atomic E-state index is 14.1. The average molecular weight is 461 g/mol. The van der Waals surface area contributed by atoms with Crippen LogP contribution < -0.4 is 0 Å². The summed E-state index contributed by atoms with van der Waals surface area (Å²) in [4.78, 5) is 44.1. The van der Waals surface area contributed by atoms with Crippen LogP contribution in [0, 0.1) is 11.8 Å². The third kappa shape index (κ3) is 4.01. The van der Waals surface area contributed by atoms with E-state index in [-0.39, 0.29) is 37.6 Å². The standard InChI is InChI=1S/C25H36N2O6/c1-3-13-26(17-9-6-5-7-10-17)23(30)21-25-12-11-18(33-25)19(24(31)32-16-4-2)20(25)22(29)27(21)14-8-15-28/h3-4,17-21,28H,1-2,5-16H2/t18-,19+,20-,21?,25?/m0/s1. The lowest BCUT2D eigenvalue weighted by Gasteiger charge is -2.40. The fourth-order valence-corrected chi connectivity index (χ4v) is 6.53. The molecule has 3 saturated heterocycles. The molecule has 4 rings (SSSR count).